The van der Waals surface area contributed by atoms with E-state index in [1.165, 1.54) is 0 Å². The molecule has 1 aromatic rings. The van der Waals surface area contributed by atoms with Crippen LogP contribution in [0.4, 0.5) is 5.69 Å². The molecule has 4 nitrogen and oxygen atoms in total. The molecule has 1 aliphatic heterocycles. The molecule has 1 saturated heterocycles. The topological polar surface area (TPSA) is 54.0 Å². The molecule has 16 heavy (non-hydrogen) atoms. The van der Waals surface area contributed by atoms with Crippen molar-refractivity contribution in [2.24, 2.45) is 5.92 Å². The number of halogens is 1. The van der Waals surface area contributed by atoms with Gasteiger partial charge < -0.3 is 10.6 Å². The average Bonchev–Trinajstić information content (AvgIpc) is 2.70. The van der Waals surface area contributed by atoms with E-state index >= 15 is 0 Å². The number of anilines is 1. The van der Waals surface area contributed by atoms with Gasteiger partial charge in [-0.2, -0.15) is 0 Å². The van der Waals surface area contributed by atoms with Gasteiger partial charge >= 0.3 is 0 Å². The Balaban J connectivity index is 1.86. The van der Waals surface area contributed by atoms with Crippen molar-refractivity contribution in [2.75, 3.05) is 18.4 Å². The van der Waals surface area contributed by atoms with Gasteiger partial charge in [0, 0.05) is 18.3 Å². The summed E-state index contributed by atoms with van der Waals surface area (Å²) in [4.78, 5) is 15.5. The van der Waals surface area contributed by atoms with Crippen molar-refractivity contribution in [3.63, 3.8) is 0 Å². The van der Waals surface area contributed by atoms with Gasteiger partial charge in [0.1, 0.15) is 5.15 Å². The highest BCUT2D eigenvalue weighted by Crippen LogP contribution is 2.15. The fourth-order valence-electron chi connectivity index (χ4n) is 1.84. The van der Waals surface area contributed by atoms with Gasteiger partial charge in [0.2, 0.25) is 5.91 Å². The molecular weight excluding hydrogens is 226 g/mol. The molecule has 0 radical (unpaired) electrons. The van der Waals surface area contributed by atoms with Gasteiger partial charge in [0.15, 0.2) is 0 Å². The predicted molar refractivity (Wildman–Crippen MR) is 63.5 cm³/mol. The lowest BCUT2D eigenvalue weighted by atomic mass is 10.0. The van der Waals surface area contributed by atoms with Crippen LogP contribution in [-0.4, -0.2) is 24.0 Å². The fourth-order valence-corrected chi connectivity index (χ4v) is 2.02. The van der Waals surface area contributed by atoms with Crippen molar-refractivity contribution in [3.05, 3.63) is 23.5 Å². The summed E-state index contributed by atoms with van der Waals surface area (Å²) in [5, 5.41) is 6.45. The summed E-state index contributed by atoms with van der Waals surface area (Å²) < 4.78 is 0. The molecule has 1 aliphatic rings. The average molecular weight is 240 g/mol. The molecule has 86 valence electrons. The highest BCUT2D eigenvalue weighted by Gasteiger charge is 2.17. The van der Waals surface area contributed by atoms with Crippen LogP contribution < -0.4 is 10.6 Å². The van der Waals surface area contributed by atoms with Crippen molar-refractivity contribution in [1.29, 1.82) is 0 Å². The number of aromatic nitrogens is 1. The molecule has 2 heterocycles. The Morgan fingerprint density at radius 3 is 3.25 bits per heavy atom. The monoisotopic (exact) mass is 239 g/mol. The Labute approximate surface area is 99.4 Å². The SMILES string of the molecule is O=C(CC1CCNC1)Nc1ccnc(Cl)c1. The molecule has 1 atom stereocenters. The molecule has 2 N–H and O–H groups in total. The van der Waals surface area contributed by atoms with E-state index in [1.54, 1.807) is 18.3 Å². The van der Waals surface area contributed by atoms with Gasteiger partial charge in [-0.15, -0.1) is 0 Å². The maximum Gasteiger partial charge on any atom is 0.224 e. The molecule has 0 aromatic carbocycles. The van der Waals surface area contributed by atoms with Crippen LogP contribution in [0.3, 0.4) is 0 Å². The number of nitrogens with one attached hydrogen (secondary N) is 2. The summed E-state index contributed by atoms with van der Waals surface area (Å²) in [6, 6.07) is 3.38. The number of hydrogen-bond donors (Lipinski definition) is 2. The third-order valence-electron chi connectivity index (χ3n) is 2.65. The number of amides is 1. The van der Waals surface area contributed by atoms with Crippen LogP contribution in [0.2, 0.25) is 5.15 Å². The smallest absolute Gasteiger partial charge is 0.224 e. The number of carbonyl (C=O) groups excluding carboxylic acids is 1. The van der Waals surface area contributed by atoms with E-state index in [-0.39, 0.29) is 5.91 Å². The minimum atomic E-state index is 0.0379. The van der Waals surface area contributed by atoms with E-state index in [1.807, 2.05) is 0 Å². The minimum absolute atomic E-state index is 0.0379. The molecule has 1 fully saturated rings. The van der Waals surface area contributed by atoms with Gasteiger partial charge in [-0.1, -0.05) is 11.6 Å². The number of hydrogen-bond acceptors (Lipinski definition) is 3. The lowest BCUT2D eigenvalue weighted by Crippen LogP contribution is -2.18. The lowest BCUT2D eigenvalue weighted by molar-refractivity contribution is -0.116. The third-order valence-corrected chi connectivity index (χ3v) is 2.85. The molecule has 0 bridgehead atoms. The summed E-state index contributed by atoms with van der Waals surface area (Å²) in [5.74, 6) is 0.494. The largest absolute Gasteiger partial charge is 0.326 e. The first kappa shape index (κ1) is 11.4. The zero-order chi connectivity index (χ0) is 11.4. The second-order valence-corrected chi connectivity index (χ2v) is 4.37. The summed E-state index contributed by atoms with van der Waals surface area (Å²) in [6.07, 6.45) is 3.21. The minimum Gasteiger partial charge on any atom is -0.326 e. The summed E-state index contributed by atoms with van der Waals surface area (Å²) >= 11 is 5.73. The van der Waals surface area contributed by atoms with Crippen molar-refractivity contribution >= 4 is 23.2 Å². The second-order valence-electron chi connectivity index (χ2n) is 3.98. The number of carbonyl (C=O) groups is 1. The molecule has 5 heteroatoms. The Hall–Kier alpha value is -1.13. The van der Waals surface area contributed by atoms with Gasteiger partial charge in [-0.05, 0) is 37.6 Å². The Bertz CT molecular complexity index is 377. The first-order chi connectivity index (χ1) is 7.74. The van der Waals surface area contributed by atoms with Crippen LogP contribution in [0.5, 0.6) is 0 Å². The van der Waals surface area contributed by atoms with Crippen molar-refractivity contribution in [1.82, 2.24) is 10.3 Å². The van der Waals surface area contributed by atoms with E-state index < -0.39 is 0 Å². The standard InChI is InChI=1S/C11H14ClN3O/c12-10-6-9(2-4-14-10)15-11(16)5-8-1-3-13-7-8/h2,4,6,8,13H,1,3,5,7H2,(H,14,15,16). The Morgan fingerprint density at radius 2 is 2.56 bits per heavy atom. The van der Waals surface area contributed by atoms with E-state index in [0.717, 1.165) is 19.5 Å². The molecule has 1 amide bonds. The molecule has 2 rings (SSSR count). The molecule has 1 unspecified atom stereocenters. The van der Waals surface area contributed by atoms with Crippen LogP contribution in [0.15, 0.2) is 18.3 Å². The quantitative estimate of drug-likeness (QED) is 0.789. The molecule has 1 aromatic heterocycles. The van der Waals surface area contributed by atoms with Crippen molar-refractivity contribution in [2.45, 2.75) is 12.8 Å². The summed E-state index contributed by atoms with van der Waals surface area (Å²) in [6.45, 7) is 1.95. The zero-order valence-electron chi connectivity index (χ0n) is 8.87. The lowest BCUT2D eigenvalue weighted by Gasteiger charge is -2.08. The Kier molecular flexibility index (Phi) is 3.74. The van der Waals surface area contributed by atoms with Gasteiger partial charge in [0.05, 0.1) is 0 Å². The second kappa shape index (κ2) is 5.27. The summed E-state index contributed by atoms with van der Waals surface area (Å²) in [7, 11) is 0. The van der Waals surface area contributed by atoms with E-state index in [2.05, 4.69) is 15.6 Å². The van der Waals surface area contributed by atoms with Crippen molar-refractivity contribution in [3.8, 4) is 0 Å². The van der Waals surface area contributed by atoms with Crippen LogP contribution in [0.25, 0.3) is 0 Å². The molecule has 0 saturated carbocycles. The van der Waals surface area contributed by atoms with Crippen LogP contribution in [-0.2, 0) is 4.79 Å². The normalized spacial score (nSPS) is 19.7. The summed E-state index contributed by atoms with van der Waals surface area (Å²) in [5.41, 5.74) is 0.705. The van der Waals surface area contributed by atoms with E-state index in [0.29, 0.717) is 23.2 Å². The van der Waals surface area contributed by atoms with E-state index in [4.69, 9.17) is 11.6 Å². The van der Waals surface area contributed by atoms with E-state index in [9.17, 15) is 4.79 Å². The predicted octanol–water partition coefficient (Wildman–Crippen LogP) is 1.67. The zero-order valence-corrected chi connectivity index (χ0v) is 9.63. The first-order valence-corrected chi connectivity index (χ1v) is 5.74. The van der Waals surface area contributed by atoms with Gasteiger partial charge in [-0.3, -0.25) is 4.79 Å². The van der Waals surface area contributed by atoms with Gasteiger partial charge in [-0.25, -0.2) is 4.98 Å². The maximum absolute atomic E-state index is 11.7. The number of rotatable bonds is 3. The van der Waals surface area contributed by atoms with Crippen LogP contribution in [0.1, 0.15) is 12.8 Å². The molecular formula is C11H14ClN3O. The van der Waals surface area contributed by atoms with Crippen LogP contribution in [0, 0.1) is 5.92 Å². The maximum atomic E-state index is 11.7. The highest BCUT2D eigenvalue weighted by molar-refractivity contribution is 6.29. The molecule has 0 aliphatic carbocycles. The number of pyridine rings is 1. The highest BCUT2D eigenvalue weighted by atomic mass is 35.5. The fraction of sp³-hybridized carbons (Fsp3) is 0.455. The number of nitrogens with zero attached hydrogens (tertiary/aromatic N) is 1. The molecule has 0 spiro atoms. The first-order valence-electron chi connectivity index (χ1n) is 5.36. The van der Waals surface area contributed by atoms with Gasteiger partial charge in [0.25, 0.3) is 0 Å². The third kappa shape index (κ3) is 3.18. The van der Waals surface area contributed by atoms with Crippen molar-refractivity contribution < 1.29 is 4.79 Å². The Morgan fingerprint density at radius 1 is 1.69 bits per heavy atom. The van der Waals surface area contributed by atoms with Crippen LogP contribution >= 0.6 is 11.6 Å².